The highest BCUT2D eigenvalue weighted by Crippen LogP contribution is 2.34. The summed E-state index contributed by atoms with van der Waals surface area (Å²) in [5, 5.41) is 11.8. The number of nitrogens with one attached hydrogen (secondary N) is 1. The number of piperazine rings is 1. The standard InChI is InChI=1S/C20H24N6O4/c1-25-6-8-26(9-7-25)13-2-3-14-15(10-13)29-17(23-14)11-16(30-19(22)28)18(27)24-20(12-21)4-5-20/h2-3,10,16H,4-9,11H2,1H3,(H2,22,28)(H,24,27). The molecule has 10 nitrogen and oxygen atoms in total. The number of aromatic nitrogens is 1. The number of fused-ring (bicyclic) bond motifs is 1. The molecule has 1 unspecified atom stereocenters. The van der Waals surface area contributed by atoms with Crippen molar-refractivity contribution in [2.45, 2.75) is 30.9 Å². The highest BCUT2D eigenvalue weighted by molar-refractivity contribution is 5.85. The topological polar surface area (TPSA) is 138 Å². The summed E-state index contributed by atoms with van der Waals surface area (Å²) in [5.41, 5.74) is 6.53. The van der Waals surface area contributed by atoms with Gasteiger partial charge in [0.05, 0.1) is 12.5 Å². The van der Waals surface area contributed by atoms with Gasteiger partial charge < -0.3 is 30.0 Å². The molecule has 3 N–H and O–H groups in total. The quantitative estimate of drug-likeness (QED) is 0.709. The van der Waals surface area contributed by atoms with Gasteiger partial charge in [0.15, 0.2) is 17.6 Å². The fraction of sp³-hybridized carbons (Fsp3) is 0.500. The maximum absolute atomic E-state index is 12.5. The van der Waals surface area contributed by atoms with Gasteiger partial charge in [-0.2, -0.15) is 5.26 Å². The molecule has 2 heterocycles. The normalized spacial score (nSPS) is 19.1. The zero-order valence-electron chi connectivity index (χ0n) is 16.8. The molecule has 30 heavy (non-hydrogen) atoms. The van der Waals surface area contributed by atoms with Crippen LogP contribution in [0.25, 0.3) is 11.1 Å². The Balaban J connectivity index is 1.50. The van der Waals surface area contributed by atoms with Gasteiger partial charge in [0.25, 0.3) is 5.91 Å². The summed E-state index contributed by atoms with van der Waals surface area (Å²) in [7, 11) is 2.10. The number of hydrogen-bond donors (Lipinski definition) is 2. The number of amides is 2. The van der Waals surface area contributed by atoms with E-state index in [0.717, 1.165) is 31.9 Å². The fourth-order valence-corrected chi connectivity index (χ4v) is 3.50. The van der Waals surface area contributed by atoms with Gasteiger partial charge in [-0.25, -0.2) is 9.78 Å². The number of oxazole rings is 1. The summed E-state index contributed by atoms with van der Waals surface area (Å²) >= 11 is 0. The third kappa shape index (κ3) is 4.31. The molecular formula is C20H24N6O4. The number of benzene rings is 1. The monoisotopic (exact) mass is 412 g/mol. The van der Waals surface area contributed by atoms with Crippen LogP contribution in [-0.4, -0.2) is 66.8 Å². The highest BCUT2D eigenvalue weighted by Gasteiger charge is 2.46. The maximum Gasteiger partial charge on any atom is 0.405 e. The van der Waals surface area contributed by atoms with Crippen molar-refractivity contribution in [3.8, 4) is 6.07 Å². The van der Waals surface area contributed by atoms with E-state index in [2.05, 4.69) is 33.2 Å². The van der Waals surface area contributed by atoms with Crippen molar-refractivity contribution in [2.75, 3.05) is 38.1 Å². The van der Waals surface area contributed by atoms with E-state index in [1.807, 2.05) is 18.2 Å². The Morgan fingerprint density at radius 3 is 2.73 bits per heavy atom. The summed E-state index contributed by atoms with van der Waals surface area (Å²) in [6.45, 7) is 3.84. The summed E-state index contributed by atoms with van der Waals surface area (Å²) < 4.78 is 10.8. The van der Waals surface area contributed by atoms with E-state index in [0.29, 0.717) is 23.9 Å². The third-order valence-electron chi connectivity index (χ3n) is 5.52. The van der Waals surface area contributed by atoms with E-state index in [-0.39, 0.29) is 12.3 Å². The second-order valence-corrected chi connectivity index (χ2v) is 7.86. The number of carbonyl (C=O) groups excluding carboxylic acids is 2. The molecule has 1 aliphatic heterocycles. The number of likely N-dealkylation sites (N-methyl/N-ethyl adjacent to an activating group) is 1. The predicted octanol–water partition coefficient (Wildman–Crippen LogP) is 0.758. The second kappa shape index (κ2) is 7.84. The van der Waals surface area contributed by atoms with Crippen LogP contribution < -0.4 is 16.0 Å². The number of hydrogen-bond acceptors (Lipinski definition) is 8. The Bertz CT molecular complexity index is 1000. The minimum absolute atomic E-state index is 0.0746. The van der Waals surface area contributed by atoms with Gasteiger partial charge in [-0.3, -0.25) is 4.79 Å². The smallest absolute Gasteiger partial charge is 0.405 e. The van der Waals surface area contributed by atoms with Gasteiger partial charge in [0, 0.05) is 37.9 Å². The van der Waals surface area contributed by atoms with Crippen LogP contribution in [0.5, 0.6) is 0 Å². The molecule has 0 bridgehead atoms. The average molecular weight is 412 g/mol. The Hall–Kier alpha value is -3.32. The Morgan fingerprint density at radius 1 is 1.37 bits per heavy atom. The average Bonchev–Trinajstić information content (AvgIpc) is 3.37. The molecule has 4 rings (SSSR count). The number of rotatable bonds is 6. The molecule has 1 aliphatic carbocycles. The first-order valence-electron chi connectivity index (χ1n) is 9.90. The van der Waals surface area contributed by atoms with Crippen molar-refractivity contribution in [1.82, 2.24) is 15.2 Å². The molecule has 1 aromatic heterocycles. The highest BCUT2D eigenvalue weighted by atomic mass is 16.6. The van der Waals surface area contributed by atoms with Crippen LogP contribution >= 0.6 is 0 Å². The first-order chi connectivity index (χ1) is 14.4. The van der Waals surface area contributed by atoms with Gasteiger partial charge in [-0.15, -0.1) is 0 Å². The number of nitrogens with zero attached hydrogens (tertiary/aromatic N) is 4. The van der Waals surface area contributed by atoms with Crippen molar-refractivity contribution in [2.24, 2.45) is 5.73 Å². The van der Waals surface area contributed by atoms with E-state index >= 15 is 0 Å². The van der Waals surface area contributed by atoms with Crippen molar-refractivity contribution in [3.05, 3.63) is 24.1 Å². The zero-order valence-corrected chi connectivity index (χ0v) is 16.8. The lowest BCUT2D eigenvalue weighted by Gasteiger charge is -2.33. The van der Waals surface area contributed by atoms with Gasteiger partial charge in [0.2, 0.25) is 0 Å². The number of nitriles is 1. The molecular weight excluding hydrogens is 388 g/mol. The molecule has 1 saturated carbocycles. The van der Waals surface area contributed by atoms with Gasteiger partial charge >= 0.3 is 6.09 Å². The minimum atomic E-state index is -1.22. The Morgan fingerprint density at radius 2 is 2.10 bits per heavy atom. The van der Waals surface area contributed by atoms with Crippen LogP contribution in [0, 0.1) is 11.3 Å². The predicted molar refractivity (Wildman–Crippen MR) is 108 cm³/mol. The van der Waals surface area contributed by atoms with E-state index < -0.39 is 23.6 Å². The summed E-state index contributed by atoms with van der Waals surface area (Å²) in [4.78, 5) is 32.8. The van der Waals surface area contributed by atoms with Crippen LogP contribution in [0.2, 0.25) is 0 Å². The Labute approximate surface area is 173 Å². The SMILES string of the molecule is CN1CCN(c2ccc3nc(CC(OC(N)=O)C(=O)NC4(C#N)CC4)oc3c2)CC1. The number of primary amides is 1. The van der Waals surface area contributed by atoms with E-state index in [1.54, 1.807) is 0 Å². The van der Waals surface area contributed by atoms with Crippen LogP contribution in [0.15, 0.2) is 22.6 Å². The van der Waals surface area contributed by atoms with Crippen molar-refractivity contribution in [3.63, 3.8) is 0 Å². The zero-order chi connectivity index (χ0) is 21.3. The van der Waals surface area contributed by atoms with Gasteiger partial charge in [-0.1, -0.05) is 0 Å². The first kappa shape index (κ1) is 20.0. The lowest BCUT2D eigenvalue weighted by molar-refractivity contribution is -0.130. The van der Waals surface area contributed by atoms with Crippen molar-refractivity contribution >= 4 is 28.8 Å². The molecule has 0 radical (unpaired) electrons. The molecule has 1 aromatic carbocycles. The summed E-state index contributed by atoms with van der Waals surface area (Å²) in [5.74, 6) is -0.336. The molecule has 158 valence electrons. The summed E-state index contributed by atoms with van der Waals surface area (Å²) in [6, 6.07) is 7.86. The van der Waals surface area contributed by atoms with Crippen LogP contribution in [0.3, 0.4) is 0 Å². The largest absolute Gasteiger partial charge is 0.440 e. The van der Waals surface area contributed by atoms with Crippen molar-refractivity contribution in [1.29, 1.82) is 5.26 Å². The summed E-state index contributed by atoms with van der Waals surface area (Å²) in [6.07, 6.45) is -1.24. The number of anilines is 1. The molecule has 2 amide bonds. The lowest BCUT2D eigenvalue weighted by Crippen LogP contribution is -2.45. The van der Waals surface area contributed by atoms with E-state index in [4.69, 9.17) is 20.1 Å². The van der Waals surface area contributed by atoms with Crippen LogP contribution in [0.4, 0.5) is 10.5 Å². The molecule has 2 aromatic rings. The second-order valence-electron chi connectivity index (χ2n) is 7.86. The molecule has 0 spiro atoms. The minimum Gasteiger partial charge on any atom is -0.440 e. The molecule has 1 saturated heterocycles. The maximum atomic E-state index is 12.5. The molecule has 2 aliphatic rings. The molecule has 1 atom stereocenters. The number of ether oxygens (including phenoxy) is 1. The fourth-order valence-electron chi connectivity index (χ4n) is 3.50. The molecule has 2 fully saturated rings. The number of carbonyl (C=O) groups is 2. The van der Waals surface area contributed by atoms with Crippen molar-refractivity contribution < 1.29 is 18.7 Å². The van der Waals surface area contributed by atoms with Crippen LogP contribution in [0.1, 0.15) is 18.7 Å². The Kier molecular flexibility index (Phi) is 5.22. The first-order valence-corrected chi connectivity index (χ1v) is 9.90. The van der Waals surface area contributed by atoms with E-state index in [1.165, 1.54) is 0 Å². The third-order valence-corrected chi connectivity index (χ3v) is 5.52. The van der Waals surface area contributed by atoms with E-state index in [9.17, 15) is 9.59 Å². The number of nitrogens with two attached hydrogens (primary N) is 1. The van der Waals surface area contributed by atoms with Gasteiger partial charge in [-0.05, 0) is 32.0 Å². The molecule has 10 heteroatoms. The lowest BCUT2D eigenvalue weighted by atomic mass is 10.2. The van der Waals surface area contributed by atoms with Crippen LogP contribution in [-0.2, 0) is 16.0 Å². The van der Waals surface area contributed by atoms with Gasteiger partial charge in [0.1, 0.15) is 11.1 Å².